The number of carbonyl (C=O) groups excluding carboxylic acids is 1. The number of fused-ring (bicyclic) bond motifs is 2. The number of likely N-dealkylation sites (tertiary alicyclic amines) is 1. The molecule has 1 saturated heterocycles. The summed E-state index contributed by atoms with van der Waals surface area (Å²) >= 11 is 0. The maximum absolute atomic E-state index is 11.8. The van der Waals surface area contributed by atoms with E-state index in [1.165, 1.54) is 0 Å². The van der Waals surface area contributed by atoms with E-state index in [4.69, 9.17) is 4.74 Å². The van der Waals surface area contributed by atoms with Gasteiger partial charge in [-0.05, 0) is 49.1 Å². The zero-order chi connectivity index (χ0) is 21.9. The van der Waals surface area contributed by atoms with Crippen LogP contribution in [0.15, 0.2) is 48.8 Å². The zero-order valence-electron chi connectivity index (χ0n) is 18.1. The molecular formula is C24H24N6O2. The topological polar surface area (TPSA) is 84.6 Å². The van der Waals surface area contributed by atoms with Crippen molar-refractivity contribution in [3.8, 4) is 17.0 Å². The summed E-state index contributed by atoms with van der Waals surface area (Å²) in [5.41, 5.74) is 3.90. The highest BCUT2D eigenvalue weighted by Gasteiger charge is 2.55. The van der Waals surface area contributed by atoms with Crippen LogP contribution in [0.2, 0.25) is 0 Å². The number of aromatic nitrogens is 4. The van der Waals surface area contributed by atoms with Gasteiger partial charge in [0, 0.05) is 48.4 Å². The molecule has 2 aliphatic rings. The predicted octanol–water partition coefficient (Wildman–Crippen LogP) is 3.52. The number of methoxy groups -OCH3 is 1. The van der Waals surface area contributed by atoms with Gasteiger partial charge in [0.2, 0.25) is 17.7 Å². The summed E-state index contributed by atoms with van der Waals surface area (Å²) < 4.78 is 7.47. The molecule has 8 heteroatoms. The summed E-state index contributed by atoms with van der Waals surface area (Å²) in [6, 6.07) is 12.5. The van der Waals surface area contributed by atoms with Gasteiger partial charge in [0.25, 0.3) is 0 Å². The quantitative estimate of drug-likeness (QED) is 0.535. The van der Waals surface area contributed by atoms with Gasteiger partial charge in [-0.2, -0.15) is 4.98 Å². The molecule has 1 N–H and O–H groups in total. The molecular weight excluding hydrogens is 404 g/mol. The van der Waals surface area contributed by atoms with Gasteiger partial charge in [0.15, 0.2) is 0 Å². The van der Waals surface area contributed by atoms with E-state index in [-0.39, 0.29) is 17.5 Å². The lowest BCUT2D eigenvalue weighted by Gasteiger charge is -2.61. The number of amides is 1. The molecule has 0 radical (unpaired) electrons. The van der Waals surface area contributed by atoms with Gasteiger partial charge in [0.05, 0.1) is 12.6 Å². The highest BCUT2D eigenvalue weighted by molar-refractivity contribution is 5.90. The second-order valence-corrected chi connectivity index (χ2v) is 8.77. The summed E-state index contributed by atoms with van der Waals surface area (Å²) in [5, 5.41) is 9.19. The largest absolute Gasteiger partial charge is 0.479 e. The van der Waals surface area contributed by atoms with E-state index in [0.29, 0.717) is 11.8 Å². The molecule has 0 unspecified atom stereocenters. The molecule has 1 saturated carbocycles. The third kappa shape index (κ3) is 2.82. The van der Waals surface area contributed by atoms with Crippen LogP contribution >= 0.6 is 0 Å². The van der Waals surface area contributed by atoms with Crippen LogP contribution in [0.5, 0.6) is 5.88 Å². The first-order valence-electron chi connectivity index (χ1n) is 10.9. The van der Waals surface area contributed by atoms with Gasteiger partial charge in [-0.3, -0.25) is 9.78 Å². The van der Waals surface area contributed by atoms with Gasteiger partial charge < -0.3 is 15.0 Å². The van der Waals surface area contributed by atoms with Gasteiger partial charge in [-0.25, -0.2) is 4.52 Å². The first-order valence-corrected chi connectivity index (χ1v) is 10.9. The van der Waals surface area contributed by atoms with Gasteiger partial charge in [0.1, 0.15) is 5.52 Å². The standard InChI is InChI=1S/C24H24N6O2/c1-15(31)29-11-8-24(29)13-18(14-24)26-23-27-22(32-2)21-19(7-10-30(21)28-23)16-5-6-20-17(12-16)4-3-9-25-20/h3-7,9-10,12,18H,8,11,13-14H2,1-2H3,(H,26,28)/t18-,24+. The van der Waals surface area contributed by atoms with Gasteiger partial charge in [-0.15, -0.1) is 5.10 Å². The van der Waals surface area contributed by atoms with Crippen molar-refractivity contribution in [2.24, 2.45) is 0 Å². The molecule has 4 aromatic rings. The smallest absolute Gasteiger partial charge is 0.244 e. The van der Waals surface area contributed by atoms with Crippen LogP contribution in [0, 0.1) is 0 Å². The molecule has 1 aliphatic heterocycles. The minimum absolute atomic E-state index is 0.0449. The summed E-state index contributed by atoms with van der Waals surface area (Å²) in [6.45, 7) is 2.52. The summed E-state index contributed by atoms with van der Waals surface area (Å²) in [4.78, 5) is 22.8. The molecule has 1 aromatic carbocycles. The molecule has 8 nitrogen and oxygen atoms in total. The zero-order valence-corrected chi connectivity index (χ0v) is 18.1. The predicted molar refractivity (Wildman–Crippen MR) is 122 cm³/mol. The number of nitrogens with zero attached hydrogens (tertiary/aromatic N) is 5. The lowest BCUT2D eigenvalue weighted by molar-refractivity contribution is -0.154. The van der Waals surface area contributed by atoms with Crippen LogP contribution in [0.1, 0.15) is 26.2 Å². The molecule has 6 rings (SSSR count). The highest BCUT2D eigenvalue weighted by Crippen LogP contribution is 2.48. The number of carbonyl (C=O) groups is 1. The lowest BCUT2D eigenvalue weighted by Crippen LogP contribution is -2.70. The third-order valence-corrected chi connectivity index (χ3v) is 6.93. The highest BCUT2D eigenvalue weighted by atomic mass is 16.5. The van der Waals surface area contributed by atoms with Crippen molar-refractivity contribution in [2.75, 3.05) is 19.0 Å². The minimum Gasteiger partial charge on any atom is -0.479 e. The number of hydrogen-bond donors (Lipinski definition) is 1. The van der Waals surface area contributed by atoms with Crippen molar-refractivity contribution in [1.29, 1.82) is 0 Å². The SMILES string of the molecule is COc1nc(N[C@H]2C[C@]3(CCN3C(C)=O)C2)nn2ccc(-c3ccc4ncccc4c3)c12. The maximum Gasteiger partial charge on any atom is 0.244 e. The third-order valence-electron chi connectivity index (χ3n) is 6.93. The van der Waals surface area contributed by atoms with E-state index in [2.05, 4.69) is 38.6 Å². The van der Waals surface area contributed by atoms with E-state index in [1.54, 1.807) is 20.2 Å². The molecule has 1 spiro atoms. The van der Waals surface area contributed by atoms with E-state index in [9.17, 15) is 4.79 Å². The molecule has 3 aromatic heterocycles. The van der Waals surface area contributed by atoms with Crippen LogP contribution in [0.4, 0.5) is 5.95 Å². The fourth-order valence-corrected chi connectivity index (χ4v) is 5.27. The van der Waals surface area contributed by atoms with Crippen LogP contribution < -0.4 is 10.1 Å². The van der Waals surface area contributed by atoms with Crippen LogP contribution in [0.3, 0.4) is 0 Å². The Morgan fingerprint density at radius 1 is 1.25 bits per heavy atom. The Balaban J connectivity index is 1.29. The van der Waals surface area contributed by atoms with Crippen LogP contribution in [-0.2, 0) is 4.79 Å². The normalized spacial score (nSPS) is 22.1. The van der Waals surface area contributed by atoms with Crippen molar-refractivity contribution in [3.05, 3.63) is 48.8 Å². The Morgan fingerprint density at radius 2 is 2.12 bits per heavy atom. The van der Waals surface area contributed by atoms with Crippen molar-refractivity contribution in [2.45, 2.75) is 37.8 Å². The summed E-state index contributed by atoms with van der Waals surface area (Å²) in [7, 11) is 1.63. The van der Waals surface area contributed by atoms with E-state index >= 15 is 0 Å². The Bertz CT molecular complexity index is 1360. The van der Waals surface area contributed by atoms with Gasteiger partial charge >= 0.3 is 0 Å². The molecule has 0 atom stereocenters. The Kier molecular flexibility index (Phi) is 4.11. The monoisotopic (exact) mass is 428 g/mol. The summed E-state index contributed by atoms with van der Waals surface area (Å²) in [6.07, 6.45) is 6.67. The van der Waals surface area contributed by atoms with Crippen LogP contribution in [0.25, 0.3) is 27.5 Å². The fraction of sp³-hybridized carbons (Fsp3) is 0.333. The number of nitrogens with one attached hydrogen (secondary N) is 1. The van der Waals surface area contributed by atoms with Crippen molar-refractivity contribution >= 4 is 28.3 Å². The van der Waals surface area contributed by atoms with E-state index in [1.807, 2.05) is 33.8 Å². The second-order valence-electron chi connectivity index (χ2n) is 8.77. The number of benzene rings is 1. The molecule has 2 fully saturated rings. The number of anilines is 1. The lowest BCUT2D eigenvalue weighted by atomic mass is 9.64. The number of rotatable bonds is 4. The Morgan fingerprint density at radius 3 is 2.88 bits per heavy atom. The van der Waals surface area contributed by atoms with Crippen LogP contribution in [-0.4, -0.2) is 55.6 Å². The number of ether oxygens (including phenoxy) is 1. The number of pyridine rings is 1. The number of hydrogen-bond acceptors (Lipinski definition) is 6. The molecule has 4 heterocycles. The molecule has 1 amide bonds. The van der Waals surface area contributed by atoms with Crippen molar-refractivity contribution in [1.82, 2.24) is 24.5 Å². The molecule has 0 bridgehead atoms. The molecule has 162 valence electrons. The first-order chi connectivity index (χ1) is 15.6. The Labute approximate surface area is 185 Å². The minimum atomic E-state index is 0.0449. The maximum atomic E-state index is 11.8. The summed E-state index contributed by atoms with van der Waals surface area (Å²) in [5.74, 6) is 1.22. The van der Waals surface area contributed by atoms with Crippen molar-refractivity contribution < 1.29 is 9.53 Å². The Hall–Kier alpha value is -3.68. The average Bonchev–Trinajstić information content (AvgIpc) is 3.17. The second kappa shape index (κ2) is 6.91. The first kappa shape index (κ1) is 19.0. The fourth-order valence-electron chi connectivity index (χ4n) is 5.27. The molecule has 1 aliphatic carbocycles. The van der Waals surface area contributed by atoms with E-state index < -0.39 is 0 Å². The molecule has 32 heavy (non-hydrogen) atoms. The van der Waals surface area contributed by atoms with Gasteiger partial charge in [-0.1, -0.05) is 12.1 Å². The van der Waals surface area contributed by atoms with E-state index in [0.717, 1.165) is 53.4 Å². The average molecular weight is 428 g/mol. The van der Waals surface area contributed by atoms with Crippen molar-refractivity contribution in [3.63, 3.8) is 0 Å².